The number of rotatable bonds is 4. The maximum absolute atomic E-state index is 13.1. The van der Waals surface area contributed by atoms with Gasteiger partial charge in [-0.25, -0.2) is 0 Å². The van der Waals surface area contributed by atoms with Crippen LogP contribution in [0.25, 0.3) is 11.5 Å². The van der Waals surface area contributed by atoms with Crippen molar-refractivity contribution in [2.45, 2.75) is 6.92 Å². The van der Waals surface area contributed by atoms with Crippen molar-refractivity contribution < 1.29 is 9.67 Å². The molecule has 0 aliphatic rings. The molecule has 0 saturated heterocycles. The highest BCUT2D eigenvalue weighted by Crippen LogP contribution is 2.17. The van der Waals surface area contributed by atoms with Crippen LogP contribution < -0.4 is 15.0 Å². The molecular weight excluding hydrogens is 328 g/mol. The maximum atomic E-state index is 13.1. The second-order valence-corrected chi connectivity index (χ2v) is 6.05. The highest BCUT2D eigenvalue weighted by Gasteiger charge is 2.18. The summed E-state index contributed by atoms with van der Waals surface area (Å²) in [5.41, 5.74) is 2.98. The van der Waals surface area contributed by atoms with Crippen LogP contribution in [0.2, 0.25) is 0 Å². The Balaban J connectivity index is 2.05. The number of nitrogens with zero attached hydrogens (tertiary/aromatic N) is 1. The van der Waals surface area contributed by atoms with E-state index in [1.165, 1.54) is 0 Å². The third-order valence-electron chi connectivity index (χ3n) is 3.75. The first kappa shape index (κ1) is 16.9. The van der Waals surface area contributed by atoms with Crippen molar-refractivity contribution in [1.29, 1.82) is 0 Å². The van der Waals surface area contributed by atoms with E-state index in [2.05, 4.69) is 5.32 Å². The molecule has 124 valence electrons. The van der Waals surface area contributed by atoms with E-state index in [1.807, 2.05) is 92.1 Å². The highest BCUT2D eigenvalue weighted by molar-refractivity contribution is 7.81. The van der Waals surface area contributed by atoms with E-state index in [-0.39, 0.29) is 5.76 Å². The monoisotopic (exact) mass is 346 g/mol. The van der Waals surface area contributed by atoms with Crippen molar-refractivity contribution in [1.82, 2.24) is 0 Å². The summed E-state index contributed by atoms with van der Waals surface area (Å²) in [6, 6.07) is 22.7. The third-order valence-corrected chi connectivity index (χ3v) is 4.04. The SMILES string of the molecule is Cc1ccc(/C([O-])=C(/C(=S)Nc2ccccc2)[n+]2ccccc2)cc1. The van der Waals surface area contributed by atoms with Crippen LogP contribution in [0.4, 0.5) is 5.69 Å². The summed E-state index contributed by atoms with van der Waals surface area (Å²) in [6.07, 6.45) is 3.64. The number of thiocarbonyl (C=S) groups is 1. The number of nitrogens with one attached hydrogen (secondary N) is 1. The number of pyridine rings is 1. The number of hydrogen-bond donors (Lipinski definition) is 1. The van der Waals surface area contributed by atoms with Gasteiger partial charge in [-0.2, -0.15) is 4.57 Å². The van der Waals surface area contributed by atoms with Gasteiger partial charge in [0, 0.05) is 17.8 Å². The Morgan fingerprint density at radius 1 is 0.880 bits per heavy atom. The number of anilines is 1. The highest BCUT2D eigenvalue weighted by atomic mass is 32.1. The lowest BCUT2D eigenvalue weighted by molar-refractivity contribution is -0.577. The van der Waals surface area contributed by atoms with E-state index in [1.54, 1.807) is 4.57 Å². The van der Waals surface area contributed by atoms with Crippen molar-refractivity contribution in [3.63, 3.8) is 0 Å². The van der Waals surface area contributed by atoms with E-state index in [0.29, 0.717) is 16.2 Å². The predicted molar refractivity (Wildman–Crippen MR) is 104 cm³/mol. The number of para-hydroxylation sites is 1. The van der Waals surface area contributed by atoms with Gasteiger partial charge in [-0.05, 0) is 30.4 Å². The van der Waals surface area contributed by atoms with Crippen LogP contribution in [0.5, 0.6) is 0 Å². The Morgan fingerprint density at radius 3 is 2.12 bits per heavy atom. The van der Waals surface area contributed by atoms with Crippen molar-refractivity contribution in [3.05, 3.63) is 96.3 Å². The number of hydrogen-bond acceptors (Lipinski definition) is 2. The molecule has 1 N–H and O–H groups in total. The Morgan fingerprint density at radius 2 is 1.48 bits per heavy atom. The lowest BCUT2D eigenvalue weighted by Gasteiger charge is -2.17. The zero-order valence-corrected chi connectivity index (χ0v) is 14.7. The standard InChI is InChI=1S/C21H18N2OS/c1-16-10-12-17(13-11-16)20(24)19(23-14-6-3-7-15-23)21(25)22-18-8-4-2-5-9-18/h2-15H,1H3,(H-,22,24,25). The normalized spacial score (nSPS) is 11.6. The van der Waals surface area contributed by atoms with Crippen LogP contribution >= 0.6 is 12.2 Å². The van der Waals surface area contributed by atoms with Gasteiger partial charge in [-0.1, -0.05) is 66.3 Å². The topological polar surface area (TPSA) is 39.0 Å². The van der Waals surface area contributed by atoms with E-state index < -0.39 is 0 Å². The van der Waals surface area contributed by atoms with E-state index in [0.717, 1.165) is 11.3 Å². The van der Waals surface area contributed by atoms with Crippen LogP contribution in [0.1, 0.15) is 11.1 Å². The average Bonchev–Trinajstić information content (AvgIpc) is 2.64. The van der Waals surface area contributed by atoms with Gasteiger partial charge in [0.15, 0.2) is 17.4 Å². The molecule has 0 spiro atoms. The first-order valence-corrected chi connectivity index (χ1v) is 8.37. The molecule has 4 heteroatoms. The molecule has 2 aromatic carbocycles. The maximum Gasteiger partial charge on any atom is 0.238 e. The van der Waals surface area contributed by atoms with E-state index in [4.69, 9.17) is 12.2 Å². The summed E-state index contributed by atoms with van der Waals surface area (Å²) >= 11 is 5.55. The van der Waals surface area contributed by atoms with Gasteiger partial charge >= 0.3 is 0 Å². The van der Waals surface area contributed by atoms with Crippen LogP contribution in [-0.4, -0.2) is 4.99 Å². The first-order valence-electron chi connectivity index (χ1n) is 7.96. The summed E-state index contributed by atoms with van der Waals surface area (Å²) in [5.74, 6) is -0.121. The number of aryl methyl sites for hydroxylation is 1. The minimum Gasteiger partial charge on any atom is -0.867 e. The fourth-order valence-electron chi connectivity index (χ4n) is 2.44. The molecule has 0 atom stereocenters. The van der Waals surface area contributed by atoms with Gasteiger partial charge in [-0.15, -0.1) is 0 Å². The van der Waals surface area contributed by atoms with Gasteiger partial charge in [0.2, 0.25) is 5.70 Å². The second kappa shape index (κ2) is 7.73. The molecular formula is C21H18N2OS. The first-order chi connectivity index (χ1) is 12.1. The average molecular weight is 346 g/mol. The quantitative estimate of drug-likeness (QED) is 0.341. The van der Waals surface area contributed by atoms with Crippen LogP contribution in [-0.2, 0) is 0 Å². The fraction of sp³-hybridized carbons (Fsp3) is 0.0476. The minimum atomic E-state index is -0.121. The Labute approximate surface area is 152 Å². The van der Waals surface area contributed by atoms with Gasteiger partial charge < -0.3 is 10.4 Å². The molecule has 0 bridgehead atoms. The second-order valence-electron chi connectivity index (χ2n) is 5.65. The van der Waals surface area contributed by atoms with Crippen LogP contribution in [0.3, 0.4) is 0 Å². The van der Waals surface area contributed by atoms with Crippen molar-refractivity contribution in [2.75, 3.05) is 5.32 Å². The molecule has 1 aromatic heterocycles. The fourth-order valence-corrected chi connectivity index (χ4v) is 2.75. The zero-order valence-electron chi connectivity index (χ0n) is 13.8. The summed E-state index contributed by atoms with van der Waals surface area (Å²) < 4.78 is 1.75. The molecule has 3 rings (SSSR count). The minimum absolute atomic E-state index is 0.121. The molecule has 0 aliphatic heterocycles. The molecule has 0 fully saturated rings. The van der Waals surface area contributed by atoms with Gasteiger partial charge in [0.05, 0.1) is 0 Å². The lowest BCUT2D eigenvalue weighted by atomic mass is 10.1. The summed E-state index contributed by atoms with van der Waals surface area (Å²) in [7, 11) is 0. The van der Waals surface area contributed by atoms with Crippen LogP contribution in [0.15, 0.2) is 85.2 Å². The Kier molecular flexibility index (Phi) is 5.21. The smallest absolute Gasteiger partial charge is 0.238 e. The molecule has 1 heterocycles. The van der Waals surface area contributed by atoms with Crippen molar-refractivity contribution >= 4 is 34.3 Å². The molecule has 0 radical (unpaired) electrons. The van der Waals surface area contributed by atoms with E-state index >= 15 is 0 Å². The summed E-state index contributed by atoms with van der Waals surface area (Å²) in [5, 5.41) is 16.3. The van der Waals surface area contributed by atoms with Gasteiger partial charge in [0.1, 0.15) is 0 Å². The Bertz CT molecular complexity index is 888. The van der Waals surface area contributed by atoms with Gasteiger partial charge in [0.25, 0.3) is 0 Å². The lowest BCUT2D eigenvalue weighted by Crippen LogP contribution is -2.39. The number of benzene rings is 2. The predicted octanol–water partition coefficient (Wildman–Crippen LogP) is 3.41. The van der Waals surface area contributed by atoms with Crippen molar-refractivity contribution in [2.24, 2.45) is 0 Å². The summed E-state index contributed by atoms with van der Waals surface area (Å²) in [4.78, 5) is 0.382. The van der Waals surface area contributed by atoms with Gasteiger partial charge in [-0.3, -0.25) is 0 Å². The molecule has 0 saturated carbocycles. The molecule has 3 aromatic rings. The molecule has 0 unspecified atom stereocenters. The largest absolute Gasteiger partial charge is 0.867 e. The molecule has 0 aliphatic carbocycles. The molecule has 25 heavy (non-hydrogen) atoms. The Hall–Kier alpha value is -2.98. The summed E-state index contributed by atoms with van der Waals surface area (Å²) in [6.45, 7) is 1.99. The zero-order chi connectivity index (χ0) is 17.6. The molecule has 0 amide bonds. The third kappa shape index (κ3) is 4.11. The van der Waals surface area contributed by atoms with Crippen molar-refractivity contribution in [3.8, 4) is 0 Å². The van der Waals surface area contributed by atoms with Crippen LogP contribution in [0, 0.1) is 6.92 Å². The number of aromatic nitrogens is 1. The molecule has 3 nitrogen and oxygen atoms in total. The van der Waals surface area contributed by atoms with E-state index in [9.17, 15) is 5.11 Å².